The molecule has 0 spiro atoms. The topological polar surface area (TPSA) is 70.1 Å². The van der Waals surface area contributed by atoms with Crippen LogP contribution in [0.25, 0.3) is 0 Å². The molecule has 0 saturated carbocycles. The number of aromatic nitrogens is 2. The van der Waals surface area contributed by atoms with Crippen molar-refractivity contribution in [1.29, 1.82) is 0 Å². The third-order valence-corrected chi connectivity index (χ3v) is 4.10. The van der Waals surface area contributed by atoms with Gasteiger partial charge in [0.25, 0.3) is 0 Å². The van der Waals surface area contributed by atoms with Crippen LogP contribution in [-0.2, 0) is 0 Å². The molecule has 0 unspecified atom stereocenters. The Hall–Kier alpha value is -1.36. The number of hydrogen-bond acceptors (Lipinski definition) is 5. The van der Waals surface area contributed by atoms with Gasteiger partial charge in [-0.3, -0.25) is 0 Å². The van der Waals surface area contributed by atoms with E-state index in [1.54, 1.807) is 0 Å². The van der Waals surface area contributed by atoms with Gasteiger partial charge in [-0.05, 0) is 19.8 Å². The van der Waals surface area contributed by atoms with E-state index in [-0.39, 0.29) is 17.9 Å². The van der Waals surface area contributed by atoms with E-state index in [2.05, 4.69) is 55.2 Å². The summed E-state index contributed by atoms with van der Waals surface area (Å²) in [5.41, 5.74) is -0.0821. The molecule has 0 amide bonds. The SMILES string of the molecule is CCNc1cc(NCC(CC)(CC)CO)nc(C(C)C)n1. The van der Waals surface area contributed by atoms with E-state index in [0.717, 1.165) is 43.4 Å². The third-order valence-electron chi connectivity index (χ3n) is 4.10. The summed E-state index contributed by atoms with van der Waals surface area (Å²) >= 11 is 0. The first-order valence-electron chi connectivity index (χ1n) is 7.97. The quantitative estimate of drug-likeness (QED) is 0.652. The first-order valence-corrected chi connectivity index (χ1v) is 7.97. The normalized spacial score (nSPS) is 11.8. The van der Waals surface area contributed by atoms with Crippen molar-refractivity contribution < 1.29 is 5.11 Å². The van der Waals surface area contributed by atoms with Crippen LogP contribution in [0, 0.1) is 5.41 Å². The summed E-state index contributed by atoms with van der Waals surface area (Å²) in [6, 6.07) is 1.93. The van der Waals surface area contributed by atoms with Crippen LogP contribution >= 0.6 is 0 Å². The molecule has 0 radical (unpaired) electrons. The predicted molar refractivity (Wildman–Crippen MR) is 88.9 cm³/mol. The molecule has 1 aromatic heterocycles. The lowest BCUT2D eigenvalue weighted by atomic mass is 9.83. The second-order valence-electron chi connectivity index (χ2n) is 5.90. The summed E-state index contributed by atoms with van der Waals surface area (Å²) < 4.78 is 0. The van der Waals surface area contributed by atoms with Crippen LogP contribution in [-0.4, -0.2) is 34.8 Å². The van der Waals surface area contributed by atoms with Crippen LogP contribution in [0.3, 0.4) is 0 Å². The van der Waals surface area contributed by atoms with Crippen LogP contribution < -0.4 is 10.6 Å². The average molecular weight is 294 g/mol. The molecule has 0 fully saturated rings. The number of hydrogen-bond donors (Lipinski definition) is 3. The molecule has 1 heterocycles. The smallest absolute Gasteiger partial charge is 0.135 e. The second kappa shape index (κ2) is 8.17. The van der Waals surface area contributed by atoms with Crippen molar-refractivity contribution >= 4 is 11.6 Å². The van der Waals surface area contributed by atoms with Gasteiger partial charge in [0.2, 0.25) is 0 Å². The summed E-state index contributed by atoms with van der Waals surface area (Å²) in [4.78, 5) is 9.09. The highest BCUT2D eigenvalue weighted by Gasteiger charge is 2.25. The minimum atomic E-state index is -0.0821. The highest BCUT2D eigenvalue weighted by atomic mass is 16.3. The molecule has 3 N–H and O–H groups in total. The molecular weight excluding hydrogens is 264 g/mol. The molecule has 0 aromatic carbocycles. The van der Waals surface area contributed by atoms with Gasteiger partial charge in [0.1, 0.15) is 17.5 Å². The number of nitrogens with one attached hydrogen (secondary N) is 2. The van der Waals surface area contributed by atoms with Gasteiger partial charge in [-0.2, -0.15) is 0 Å². The largest absolute Gasteiger partial charge is 0.396 e. The van der Waals surface area contributed by atoms with E-state index < -0.39 is 0 Å². The minimum absolute atomic E-state index is 0.0821. The summed E-state index contributed by atoms with van der Waals surface area (Å²) in [6.45, 7) is 12.2. The van der Waals surface area contributed by atoms with Gasteiger partial charge in [-0.25, -0.2) is 9.97 Å². The summed E-state index contributed by atoms with van der Waals surface area (Å²) in [5, 5.41) is 16.3. The predicted octanol–water partition coefficient (Wildman–Crippen LogP) is 3.24. The lowest BCUT2D eigenvalue weighted by molar-refractivity contribution is 0.127. The fourth-order valence-corrected chi connectivity index (χ4v) is 2.14. The number of aliphatic hydroxyl groups is 1. The maximum atomic E-state index is 9.65. The van der Waals surface area contributed by atoms with Crippen LogP contribution in [0.5, 0.6) is 0 Å². The Kier molecular flexibility index (Phi) is 6.89. The second-order valence-corrected chi connectivity index (χ2v) is 5.90. The van der Waals surface area contributed by atoms with Gasteiger partial charge in [0.15, 0.2) is 0 Å². The number of nitrogens with zero attached hydrogens (tertiary/aromatic N) is 2. The summed E-state index contributed by atoms with van der Waals surface area (Å²) in [5.74, 6) is 2.79. The highest BCUT2D eigenvalue weighted by molar-refractivity contribution is 5.48. The molecule has 0 bridgehead atoms. The van der Waals surface area contributed by atoms with Gasteiger partial charge >= 0.3 is 0 Å². The first-order chi connectivity index (χ1) is 10.00. The molecule has 5 nitrogen and oxygen atoms in total. The van der Waals surface area contributed by atoms with Gasteiger partial charge in [0.05, 0.1) is 6.61 Å². The fraction of sp³-hybridized carbons (Fsp3) is 0.750. The van der Waals surface area contributed by atoms with Crippen molar-refractivity contribution in [3.05, 3.63) is 11.9 Å². The van der Waals surface area contributed by atoms with Crippen molar-refractivity contribution in [1.82, 2.24) is 9.97 Å². The molecule has 0 aliphatic carbocycles. The lowest BCUT2D eigenvalue weighted by Gasteiger charge is -2.29. The van der Waals surface area contributed by atoms with Crippen LogP contribution in [0.2, 0.25) is 0 Å². The molecule has 0 atom stereocenters. The van der Waals surface area contributed by atoms with Gasteiger partial charge in [-0.1, -0.05) is 27.7 Å². The van der Waals surface area contributed by atoms with E-state index in [1.807, 2.05) is 6.07 Å². The molecule has 1 rings (SSSR count). The van der Waals surface area contributed by atoms with Crippen LogP contribution in [0.1, 0.15) is 59.2 Å². The molecule has 0 saturated heterocycles. The standard InChI is InChI=1S/C16H30N4O/c1-6-16(7-2,11-21)10-18-14-9-13(17-8-3)19-15(20-14)12(4)5/h9,12,21H,6-8,10-11H2,1-5H3,(H2,17,18,19,20). The van der Waals surface area contributed by atoms with Crippen LogP contribution in [0.4, 0.5) is 11.6 Å². The van der Waals surface area contributed by atoms with Crippen molar-refractivity contribution in [2.75, 3.05) is 30.3 Å². The summed E-state index contributed by atoms with van der Waals surface area (Å²) in [7, 11) is 0. The third kappa shape index (κ3) is 4.84. The monoisotopic (exact) mass is 294 g/mol. The molecular formula is C16H30N4O. The van der Waals surface area contributed by atoms with Gasteiger partial charge < -0.3 is 15.7 Å². The van der Waals surface area contributed by atoms with E-state index in [1.165, 1.54) is 0 Å². The summed E-state index contributed by atoms with van der Waals surface area (Å²) in [6.07, 6.45) is 1.88. The van der Waals surface area contributed by atoms with E-state index in [0.29, 0.717) is 0 Å². The Morgan fingerprint density at radius 1 is 1.10 bits per heavy atom. The van der Waals surface area contributed by atoms with Crippen molar-refractivity contribution in [2.45, 2.75) is 53.4 Å². The van der Waals surface area contributed by atoms with Gasteiger partial charge in [-0.15, -0.1) is 0 Å². The molecule has 21 heavy (non-hydrogen) atoms. The van der Waals surface area contributed by atoms with Crippen molar-refractivity contribution in [3.8, 4) is 0 Å². The van der Waals surface area contributed by atoms with E-state index >= 15 is 0 Å². The lowest BCUT2D eigenvalue weighted by Crippen LogP contribution is -2.32. The Balaban J connectivity index is 2.91. The van der Waals surface area contributed by atoms with Gasteiger partial charge in [0, 0.05) is 30.5 Å². The molecule has 5 heteroatoms. The first kappa shape index (κ1) is 17.7. The van der Waals surface area contributed by atoms with Crippen molar-refractivity contribution in [2.24, 2.45) is 5.41 Å². The Morgan fingerprint density at radius 2 is 1.67 bits per heavy atom. The zero-order chi connectivity index (χ0) is 15.9. The number of aliphatic hydroxyl groups excluding tert-OH is 1. The molecule has 1 aromatic rings. The average Bonchev–Trinajstić information content (AvgIpc) is 2.49. The highest BCUT2D eigenvalue weighted by Crippen LogP contribution is 2.26. The Bertz CT molecular complexity index is 422. The van der Waals surface area contributed by atoms with Crippen molar-refractivity contribution in [3.63, 3.8) is 0 Å². The minimum Gasteiger partial charge on any atom is -0.396 e. The number of anilines is 2. The Morgan fingerprint density at radius 3 is 2.10 bits per heavy atom. The van der Waals surface area contributed by atoms with Crippen LogP contribution in [0.15, 0.2) is 6.07 Å². The molecule has 0 aliphatic rings. The van der Waals surface area contributed by atoms with E-state index in [9.17, 15) is 5.11 Å². The van der Waals surface area contributed by atoms with E-state index in [4.69, 9.17) is 0 Å². The number of rotatable bonds is 9. The Labute approximate surface area is 128 Å². The maximum Gasteiger partial charge on any atom is 0.135 e. The zero-order valence-electron chi connectivity index (χ0n) is 14.0. The molecule has 120 valence electrons. The molecule has 0 aliphatic heterocycles. The fourth-order valence-electron chi connectivity index (χ4n) is 2.14. The zero-order valence-corrected chi connectivity index (χ0v) is 14.0. The maximum absolute atomic E-state index is 9.65.